The summed E-state index contributed by atoms with van der Waals surface area (Å²) in [6, 6.07) is 15.9. The van der Waals surface area contributed by atoms with Crippen molar-refractivity contribution in [2.75, 3.05) is 25.6 Å². The molecule has 0 atom stereocenters. The van der Waals surface area contributed by atoms with Gasteiger partial charge in [-0.2, -0.15) is 5.10 Å². The number of hydrazone groups is 1. The lowest BCUT2D eigenvalue weighted by Crippen LogP contribution is -2.21. The molecular weight excluding hydrogens is 594 g/mol. The van der Waals surface area contributed by atoms with Crippen molar-refractivity contribution < 1.29 is 23.8 Å². The highest BCUT2D eigenvalue weighted by atomic mass is 79.9. The Bertz CT molecular complexity index is 1260. The lowest BCUT2D eigenvalue weighted by molar-refractivity contribution is -0.118. The van der Waals surface area contributed by atoms with Gasteiger partial charge in [-0.1, -0.05) is 33.6 Å². The Kier molecular flexibility index (Phi) is 9.89. The first-order valence-electron chi connectivity index (χ1n) is 10.9. The zero-order chi connectivity index (χ0) is 26.1. The highest BCUT2D eigenvalue weighted by Gasteiger charge is 2.13. The number of benzene rings is 3. The molecule has 3 aromatic carbocycles. The van der Waals surface area contributed by atoms with Crippen molar-refractivity contribution in [1.29, 1.82) is 0 Å². The molecule has 0 saturated carbocycles. The van der Waals surface area contributed by atoms with Crippen LogP contribution in [0.5, 0.6) is 17.2 Å². The average Bonchev–Trinajstić information content (AvgIpc) is 2.85. The highest BCUT2D eigenvalue weighted by molar-refractivity contribution is 9.11. The first kappa shape index (κ1) is 27.2. The van der Waals surface area contributed by atoms with Gasteiger partial charge in [-0.15, -0.1) is 0 Å². The molecule has 36 heavy (non-hydrogen) atoms. The topological polar surface area (TPSA) is 98.3 Å². The van der Waals surface area contributed by atoms with Gasteiger partial charge in [0.25, 0.3) is 11.8 Å². The molecule has 0 aliphatic heterocycles. The van der Waals surface area contributed by atoms with E-state index in [-0.39, 0.29) is 12.5 Å². The van der Waals surface area contributed by atoms with Crippen molar-refractivity contribution in [2.45, 2.75) is 13.8 Å². The number of carbonyl (C=O) groups is 2. The van der Waals surface area contributed by atoms with Crippen LogP contribution in [-0.2, 0) is 4.79 Å². The summed E-state index contributed by atoms with van der Waals surface area (Å²) in [6.45, 7) is 4.10. The molecule has 0 fully saturated rings. The number of carbonyl (C=O) groups excluding carboxylic acids is 2. The van der Waals surface area contributed by atoms with Crippen LogP contribution in [0.25, 0.3) is 0 Å². The van der Waals surface area contributed by atoms with E-state index in [1.165, 1.54) is 13.3 Å². The minimum Gasteiger partial charge on any atom is -0.493 e. The maximum atomic E-state index is 12.6. The van der Waals surface area contributed by atoms with Crippen LogP contribution in [0.3, 0.4) is 0 Å². The molecule has 2 N–H and O–H groups in total. The van der Waals surface area contributed by atoms with Gasteiger partial charge >= 0.3 is 0 Å². The molecule has 2 amide bonds. The Labute approximate surface area is 226 Å². The molecule has 0 bridgehead atoms. The molecule has 8 nitrogen and oxygen atoms in total. The van der Waals surface area contributed by atoms with Gasteiger partial charge in [-0.3, -0.25) is 9.59 Å². The molecule has 0 unspecified atom stereocenters. The number of anilines is 1. The van der Waals surface area contributed by atoms with E-state index in [4.69, 9.17) is 14.2 Å². The van der Waals surface area contributed by atoms with E-state index >= 15 is 0 Å². The Morgan fingerprint density at radius 2 is 1.75 bits per heavy atom. The largest absolute Gasteiger partial charge is 0.493 e. The summed E-state index contributed by atoms with van der Waals surface area (Å²) in [4.78, 5) is 24.9. The summed E-state index contributed by atoms with van der Waals surface area (Å²) < 4.78 is 17.9. The third-order valence-corrected chi connectivity index (χ3v) is 5.86. The molecule has 3 aromatic rings. The lowest BCUT2D eigenvalue weighted by Gasteiger charge is -2.12. The fraction of sp³-hybridized carbons (Fsp3) is 0.192. The first-order valence-corrected chi connectivity index (χ1v) is 12.5. The summed E-state index contributed by atoms with van der Waals surface area (Å²) in [6.07, 6.45) is 1.44. The number of amides is 2. The second-order valence-corrected chi connectivity index (χ2v) is 9.28. The molecule has 0 aliphatic carbocycles. The minimum atomic E-state index is -0.429. The predicted octanol–water partition coefficient (Wildman–Crippen LogP) is 5.71. The molecule has 0 saturated heterocycles. The van der Waals surface area contributed by atoms with E-state index < -0.39 is 5.91 Å². The summed E-state index contributed by atoms with van der Waals surface area (Å²) >= 11 is 6.88. The number of rotatable bonds is 10. The normalized spacial score (nSPS) is 10.7. The van der Waals surface area contributed by atoms with Crippen LogP contribution in [0.1, 0.15) is 28.4 Å². The van der Waals surface area contributed by atoms with Crippen LogP contribution in [-0.4, -0.2) is 38.4 Å². The predicted molar refractivity (Wildman–Crippen MR) is 146 cm³/mol. The zero-order valence-corrected chi connectivity index (χ0v) is 23.1. The van der Waals surface area contributed by atoms with Crippen LogP contribution in [0, 0.1) is 6.92 Å². The minimum absolute atomic E-state index is 0.215. The van der Waals surface area contributed by atoms with Crippen molar-refractivity contribution in [3.8, 4) is 17.2 Å². The number of nitrogens with one attached hydrogen (secondary N) is 2. The number of ether oxygens (including phenoxy) is 3. The van der Waals surface area contributed by atoms with Gasteiger partial charge in [0.05, 0.1) is 24.4 Å². The van der Waals surface area contributed by atoms with Crippen molar-refractivity contribution >= 4 is 55.6 Å². The van der Waals surface area contributed by atoms with Crippen molar-refractivity contribution in [3.63, 3.8) is 0 Å². The smallest absolute Gasteiger partial charge is 0.271 e. The summed E-state index contributed by atoms with van der Waals surface area (Å²) in [5, 5.41) is 6.85. The Balaban J connectivity index is 1.68. The quantitative estimate of drug-likeness (QED) is 0.224. The molecule has 188 valence electrons. The van der Waals surface area contributed by atoms with Crippen molar-refractivity contribution in [2.24, 2.45) is 5.10 Å². The van der Waals surface area contributed by atoms with Crippen LogP contribution < -0.4 is 25.0 Å². The van der Waals surface area contributed by atoms with Crippen LogP contribution >= 0.6 is 31.9 Å². The summed E-state index contributed by atoms with van der Waals surface area (Å²) in [7, 11) is 1.51. The maximum Gasteiger partial charge on any atom is 0.271 e. The zero-order valence-electron chi connectivity index (χ0n) is 19.9. The number of aryl methyl sites for hydroxylation is 1. The van der Waals surface area contributed by atoms with E-state index in [2.05, 4.69) is 47.7 Å². The maximum absolute atomic E-state index is 12.6. The first-order chi connectivity index (χ1) is 17.3. The van der Waals surface area contributed by atoms with E-state index in [9.17, 15) is 9.59 Å². The van der Waals surface area contributed by atoms with Gasteiger partial charge in [0.15, 0.2) is 18.1 Å². The fourth-order valence-electron chi connectivity index (χ4n) is 3.11. The highest BCUT2D eigenvalue weighted by Crippen LogP contribution is 2.32. The van der Waals surface area contributed by atoms with Crippen molar-refractivity contribution in [3.05, 3.63) is 80.2 Å². The van der Waals surface area contributed by atoms with Crippen molar-refractivity contribution in [1.82, 2.24) is 5.43 Å². The van der Waals surface area contributed by atoms with Crippen LogP contribution in [0.4, 0.5) is 5.69 Å². The molecular formula is C26H25Br2N3O5. The molecule has 0 spiro atoms. The molecule has 10 heteroatoms. The van der Waals surface area contributed by atoms with Gasteiger partial charge in [0.1, 0.15) is 5.75 Å². The van der Waals surface area contributed by atoms with Crippen LogP contribution in [0.2, 0.25) is 0 Å². The summed E-state index contributed by atoms with van der Waals surface area (Å²) in [5.41, 5.74) is 5.16. The van der Waals surface area contributed by atoms with Crippen LogP contribution in [0.15, 0.2) is 68.6 Å². The fourth-order valence-corrected chi connectivity index (χ4v) is 4.48. The van der Waals surface area contributed by atoms with Gasteiger partial charge < -0.3 is 19.5 Å². The number of methoxy groups -OCH3 is 1. The van der Waals surface area contributed by atoms with Gasteiger partial charge in [0.2, 0.25) is 0 Å². The molecule has 3 rings (SSSR count). The lowest BCUT2D eigenvalue weighted by atomic mass is 10.2. The average molecular weight is 619 g/mol. The second kappa shape index (κ2) is 13.1. The Morgan fingerprint density at radius 1 is 1.00 bits per heavy atom. The third-order valence-electron chi connectivity index (χ3n) is 4.82. The van der Waals surface area contributed by atoms with E-state index in [1.54, 1.807) is 30.3 Å². The van der Waals surface area contributed by atoms with E-state index in [0.29, 0.717) is 45.1 Å². The molecule has 0 aliphatic rings. The number of halogens is 2. The second-order valence-electron chi connectivity index (χ2n) is 7.51. The Morgan fingerprint density at radius 3 is 2.44 bits per heavy atom. The standard InChI is InChI=1S/C26H25Br2N3O5/c1-4-35-22-10-7-17(12-23(22)34-3)26(33)31-29-14-18-11-19(27)13-21(28)25(18)36-15-24(32)30-20-8-5-16(2)6-9-20/h5-14H,4,15H2,1-3H3,(H,30,32)(H,31,33)/b29-14+. The monoisotopic (exact) mass is 617 g/mol. The molecule has 0 heterocycles. The third kappa shape index (κ3) is 7.56. The summed E-state index contributed by atoms with van der Waals surface area (Å²) in [5.74, 6) is 0.658. The van der Waals surface area contributed by atoms with Gasteiger partial charge in [-0.05, 0) is 72.2 Å². The van der Waals surface area contributed by atoms with E-state index in [1.807, 2.05) is 38.1 Å². The SMILES string of the molecule is CCOc1ccc(C(=O)N/N=C/c2cc(Br)cc(Br)c2OCC(=O)Nc2ccc(C)cc2)cc1OC. The number of hydrogen-bond donors (Lipinski definition) is 2. The number of nitrogens with zero attached hydrogens (tertiary/aromatic N) is 1. The van der Waals surface area contributed by atoms with Gasteiger partial charge in [0, 0.05) is 21.3 Å². The molecule has 0 radical (unpaired) electrons. The number of hydrogen-bond acceptors (Lipinski definition) is 6. The molecule has 0 aromatic heterocycles. The Hall–Kier alpha value is -3.37. The van der Waals surface area contributed by atoms with E-state index in [0.717, 1.165) is 10.0 Å². The van der Waals surface area contributed by atoms with Gasteiger partial charge in [-0.25, -0.2) is 5.43 Å².